The minimum atomic E-state index is -5.17. The van der Waals surface area contributed by atoms with Crippen LogP contribution in [0.3, 0.4) is 0 Å². The number of sulfonamides is 1. The number of amides is 1. The van der Waals surface area contributed by atoms with E-state index < -0.39 is 50.6 Å². The molecule has 0 bridgehead atoms. The summed E-state index contributed by atoms with van der Waals surface area (Å²) >= 11 is 0. The number of hydrogen-bond donors (Lipinski definition) is 2. The molecule has 0 radical (unpaired) electrons. The molecule has 0 saturated carbocycles. The zero-order valence-electron chi connectivity index (χ0n) is 18.4. The largest absolute Gasteiger partial charge is 0.480 e. The number of rotatable bonds is 8. The van der Waals surface area contributed by atoms with Gasteiger partial charge in [-0.2, -0.15) is 13.2 Å². The fourth-order valence-corrected chi connectivity index (χ4v) is 5.81. The molecule has 1 aliphatic rings. The lowest BCUT2D eigenvalue weighted by atomic mass is 9.95. The average Bonchev–Trinajstić information content (AvgIpc) is 2.80. The molecule has 2 aromatic carbocycles. The van der Waals surface area contributed by atoms with Crippen molar-refractivity contribution in [2.75, 3.05) is 0 Å². The Hall–Kier alpha value is -2.92. The molecule has 2 aromatic rings. The monoisotopic (exact) mass is 498 g/mol. The van der Waals surface area contributed by atoms with Gasteiger partial charge in [-0.3, -0.25) is 4.79 Å². The maximum Gasteiger partial charge on any atom is 0.417 e. The van der Waals surface area contributed by atoms with E-state index in [1.165, 1.54) is 0 Å². The fourth-order valence-electron chi connectivity index (χ4n) is 3.99. The van der Waals surface area contributed by atoms with Gasteiger partial charge >= 0.3 is 12.1 Å². The molecule has 11 heteroatoms. The summed E-state index contributed by atoms with van der Waals surface area (Å²) in [5.41, 5.74) is 0.201. The molecule has 1 heterocycles. The van der Waals surface area contributed by atoms with Gasteiger partial charge in [-0.05, 0) is 36.1 Å². The molecule has 0 fully saturated rings. The zero-order valence-corrected chi connectivity index (χ0v) is 19.2. The number of carboxylic acid groups (broad SMARTS) is 1. The summed E-state index contributed by atoms with van der Waals surface area (Å²) in [5, 5.41) is 12.7. The summed E-state index contributed by atoms with van der Waals surface area (Å²) in [6, 6.07) is 7.64. The van der Waals surface area contributed by atoms with Gasteiger partial charge in [0.05, 0.1) is 16.5 Å². The van der Waals surface area contributed by atoms with Crippen molar-refractivity contribution in [3.63, 3.8) is 0 Å². The lowest BCUT2D eigenvalue weighted by molar-refractivity contribution is -0.147. The first-order valence-electron chi connectivity index (χ1n) is 10.8. The summed E-state index contributed by atoms with van der Waals surface area (Å²) in [7, 11) is -5.17. The lowest BCUT2D eigenvalue weighted by Crippen LogP contribution is -2.56. The number of nitrogens with one attached hydrogen (secondary N) is 1. The Morgan fingerprint density at radius 2 is 1.74 bits per heavy atom. The Balaban J connectivity index is 2.11. The molecule has 0 unspecified atom stereocenters. The number of nitrogens with zero attached hydrogens (tertiary/aromatic N) is 1. The van der Waals surface area contributed by atoms with Crippen LogP contribution < -0.4 is 5.32 Å². The minimum Gasteiger partial charge on any atom is -0.480 e. The third-order valence-corrected chi connectivity index (χ3v) is 7.59. The lowest BCUT2D eigenvalue weighted by Gasteiger charge is -2.34. The summed E-state index contributed by atoms with van der Waals surface area (Å²) in [6.07, 6.45) is -4.42. The zero-order chi connectivity index (χ0) is 25.1. The van der Waals surface area contributed by atoms with Crippen molar-refractivity contribution in [3.8, 4) is 0 Å². The number of carbonyl (C=O) groups excluding carboxylic acids is 1. The number of benzene rings is 2. The van der Waals surface area contributed by atoms with E-state index >= 15 is 0 Å². The maximum absolute atomic E-state index is 13.6. The molecule has 184 valence electrons. The van der Waals surface area contributed by atoms with E-state index in [1.807, 2.05) is 6.07 Å². The van der Waals surface area contributed by atoms with Crippen LogP contribution in [0.4, 0.5) is 13.2 Å². The molecule has 1 aliphatic heterocycles. The second-order valence-corrected chi connectivity index (χ2v) is 9.82. The average molecular weight is 499 g/mol. The molecule has 7 nitrogen and oxygen atoms in total. The molecule has 34 heavy (non-hydrogen) atoms. The molecule has 2 atom stereocenters. The molecule has 1 amide bonds. The third-order valence-electron chi connectivity index (χ3n) is 5.73. The number of fused-ring (bicyclic) bond motifs is 1. The highest BCUT2D eigenvalue weighted by Crippen LogP contribution is 2.36. The minimum absolute atomic E-state index is 0.0715. The SMILES string of the molecule is CCCC[C@@H](C(=O)O)N(C(=O)[C@@H]1Cc2ccccc2CN1)S(=O)(=O)c1ccccc1C(F)(F)F. The highest BCUT2D eigenvalue weighted by Gasteiger charge is 2.46. The number of alkyl halides is 3. The van der Waals surface area contributed by atoms with Crippen LogP contribution in [-0.4, -0.2) is 41.8 Å². The highest BCUT2D eigenvalue weighted by molar-refractivity contribution is 7.89. The van der Waals surface area contributed by atoms with E-state index in [0.29, 0.717) is 12.5 Å². The van der Waals surface area contributed by atoms with Crippen molar-refractivity contribution in [2.45, 2.75) is 62.3 Å². The van der Waals surface area contributed by atoms with Crippen LogP contribution in [0.25, 0.3) is 0 Å². The van der Waals surface area contributed by atoms with Crippen LogP contribution in [0.15, 0.2) is 53.4 Å². The summed E-state index contributed by atoms with van der Waals surface area (Å²) in [4.78, 5) is 24.5. The molecule has 2 N–H and O–H groups in total. The van der Waals surface area contributed by atoms with Crippen LogP contribution in [0.1, 0.15) is 42.9 Å². The van der Waals surface area contributed by atoms with Crippen LogP contribution in [0.5, 0.6) is 0 Å². The number of carboxylic acids is 1. The number of halogens is 3. The van der Waals surface area contributed by atoms with Crippen molar-refractivity contribution >= 4 is 21.9 Å². The smallest absolute Gasteiger partial charge is 0.417 e. The Morgan fingerprint density at radius 3 is 2.35 bits per heavy atom. The summed E-state index contributed by atoms with van der Waals surface area (Å²) in [5.74, 6) is -2.71. The van der Waals surface area contributed by atoms with Crippen molar-refractivity contribution in [1.29, 1.82) is 0 Å². The first-order chi connectivity index (χ1) is 16.0. The van der Waals surface area contributed by atoms with Crippen molar-refractivity contribution in [1.82, 2.24) is 9.62 Å². The first-order valence-corrected chi connectivity index (χ1v) is 12.2. The Labute approximate surface area is 195 Å². The topological polar surface area (TPSA) is 104 Å². The molecule has 0 aromatic heterocycles. The van der Waals surface area contributed by atoms with E-state index in [2.05, 4.69) is 5.32 Å². The predicted molar refractivity (Wildman–Crippen MR) is 117 cm³/mol. The van der Waals surface area contributed by atoms with Gasteiger partial charge in [0.2, 0.25) is 0 Å². The summed E-state index contributed by atoms with van der Waals surface area (Å²) < 4.78 is 68.1. The van der Waals surface area contributed by atoms with Gasteiger partial charge in [-0.15, -0.1) is 0 Å². The molecule has 0 spiro atoms. The molecule has 3 rings (SSSR count). The molecule has 0 aliphatic carbocycles. The van der Waals surface area contributed by atoms with Gasteiger partial charge in [-0.1, -0.05) is 56.2 Å². The normalized spacial score (nSPS) is 17.0. The van der Waals surface area contributed by atoms with Gasteiger partial charge in [-0.25, -0.2) is 17.5 Å². The van der Waals surface area contributed by atoms with Crippen LogP contribution >= 0.6 is 0 Å². The van der Waals surface area contributed by atoms with Gasteiger partial charge in [0.25, 0.3) is 15.9 Å². The highest BCUT2D eigenvalue weighted by atomic mass is 32.2. The van der Waals surface area contributed by atoms with E-state index in [-0.39, 0.29) is 30.1 Å². The van der Waals surface area contributed by atoms with Crippen LogP contribution in [0.2, 0.25) is 0 Å². The molecular formula is C23H25F3N2O5S. The van der Waals surface area contributed by atoms with Crippen molar-refractivity contribution in [3.05, 3.63) is 65.2 Å². The maximum atomic E-state index is 13.6. The number of aliphatic carboxylic acids is 1. The van der Waals surface area contributed by atoms with E-state index in [4.69, 9.17) is 0 Å². The number of hydrogen-bond acceptors (Lipinski definition) is 5. The van der Waals surface area contributed by atoms with E-state index in [0.717, 1.165) is 29.3 Å². The summed E-state index contributed by atoms with van der Waals surface area (Å²) in [6.45, 7) is 1.98. The van der Waals surface area contributed by atoms with Gasteiger partial charge in [0.15, 0.2) is 0 Å². The molecule has 0 saturated heterocycles. The number of carbonyl (C=O) groups is 2. The quantitative estimate of drug-likeness (QED) is 0.577. The van der Waals surface area contributed by atoms with E-state index in [1.54, 1.807) is 25.1 Å². The van der Waals surface area contributed by atoms with Crippen molar-refractivity contribution in [2.24, 2.45) is 0 Å². The second-order valence-electron chi connectivity index (χ2n) is 8.04. The number of unbranched alkanes of at least 4 members (excludes halogenated alkanes) is 1. The second kappa shape index (κ2) is 10.1. The fraction of sp³-hybridized carbons (Fsp3) is 0.391. The molecular weight excluding hydrogens is 473 g/mol. The Morgan fingerprint density at radius 1 is 1.12 bits per heavy atom. The predicted octanol–water partition coefficient (Wildman–Crippen LogP) is 3.58. The van der Waals surface area contributed by atoms with Crippen LogP contribution in [0, 0.1) is 0 Å². The first kappa shape index (κ1) is 25.7. The third kappa shape index (κ3) is 5.25. The van der Waals surface area contributed by atoms with Gasteiger partial charge < -0.3 is 10.4 Å². The Kier molecular flexibility index (Phi) is 7.67. The van der Waals surface area contributed by atoms with Crippen LogP contribution in [-0.2, 0) is 38.8 Å². The van der Waals surface area contributed by atoms with Gasteiger partial charge in [0.1, 0.15) is 6.04 Å². The van der Waals surface area contributed by atoms with Crippen molar-refractivity contribution < 1.29 is 36.3 Å². The Bertz CT molecular complexity index is 1170. The van der Waals surface area contributed by atoms with Gasteiger partial charge in [0, 0.05) is 6.54 Å². The standard InChI is InChI=1S/C23H25F3N2O5S/c1-2-3-11-19(22(30)31)28(21(29)18-13-15-8-4-5-9-16(15)14-27-18)34(32,33)20-12-7-6-10-17(20)23(24,25)26/h4-10,12,18-19,27H,2-3,11,13-14H2,1H3,(H,30,31)/t18-,19-/m0/s1. The van der Waals surface area contributed by atoms with E-state index in [9.17, 15) is 36.3 Å².